The highest BCUT2D eigenvalue weighted by Crippen LogP contribution is 2.52. The minimum absolute atomic E-state index is 0.0380. The Morgan fingerprint density at radius 1 is 1.09 bits per heavy atom. The van der Waals surface area contributed by atoms with Crippen LogP contribution in [0.4, 0.5) is 13.2 Å². The lowest BCUT2D eigenvalue weighted by atomic mass is 9.76. The Morgan fingerprint density at radius 3 is 2.61 bits per heavy atom. The molecule has 1 atom stereocenters. The van der Waals surface area contributed by atoms with Crippen LogP contribution in [0.25, 0.3) is 0 Å². The second-order valence-corrected chi connectivity index (χ2v) is 8.88. The first kappa shape index (κ1) is 21.7. The molecule has 2 N–H and O–H groups in total. The molecule has 3 saturated carbocycles. The fourth-order valence-electron chi connectivity index (χ4n) is 4.69. The van der Waals surface area contributed by atoms with Gasteiger partial charge in [0.1, 0.15) is 11.6 Å². The molecule has 0 spiro atoms. The monoisotopic (exact) mass is 482 g/mol. The summed E-state index contributed by atoms with van der Waals surface area (Å²) in [6.07, 6.45) is -1.81. The Balaban J connectivity index is 1.14. The van der Waals surface area contributed by atoms with Gasteiger partial charge in [0.05, 0.1) is 5.02 Å². The van der Waals surface area contributed by atoms with Crippen molar-refractivity contribution in [3.8, 4) is 17.2 Å². The molecule has 174 valence electrons. The summed E-state index contributed by atoms with van der Waals surface area (Å²) < 4.78 is 53.9. The highest BCUT2D eigenvalue weighted by molar-refractivity contribution is 6.30. The van der Waals surface area contributed by atoms with Crippen LogP contribution in [0.3, 0.4) is 0 Å². The summed E-state index contributed by atoms with van der Waals surface area (Å²) in [5.41, 5.74) is -0.272. The molecule has 1 heterocycles. The maximum atomic E-state index is 13.5. The molecule has 7 nitrogen and oxygen atoms in total. The molecule has 2 aromatic carbocycles. The average Bonchev–Trinajstić information content (AvgIpc) is 3.34. The van der Waals surface area contributed by atoms with Crippen molar-refractivity contribution in [2.45, 2.75) is 37.1 Å². The number of hydrogen-bond donors (Lipinski definition) is 2. The van der Waals surface area contributed by atoms with E-state index in [1.54, 1.807) is 0 Å². The quantitative estimate of drug-likeness (QED) is 0.656. The Hall–Kier alpha value is -3.14. The van der Waals surface area contributed by atoms with Crippen LogP contribution in [-0.2, 0) is 4.79 Å². The van der Waals surface area contributed by atoms with Gasteiger partial charge in [0, 0.05) is 23.2 Å². The number of amides is 2. The molecule has 0 saturated heterocycles. The smallest absolute Gasteiger partial charge is 0.484 e. The number of nitrogens with one attached hydrogen (secondary N) is 2. The molecule has 1 unspecified atom stereocenters. The number of halogens is 4. The van der Waals surface area contributed by atoms with E-state index >= 15 is 0 Å². The molecule has 0 aromatic heterocycles. The Kier molecular flexibility index (Phi) is 5.08. The van der Waals surface area contributed by atoms with Crippen LogP contribution in [-0.4, -0.2) is 36.3 Å². The Morgan fingerprint density at radius 2 is 1.85 bits per heavy atom. The zero-order chi connectivity index (χ0) is 23.4. The molecule has 2 bridgehead atoms. The van der Waals surface area contributed by atoms with Crippen molar-refractivity contribution in [3.05, 3.63) is 52.8 Å². The van der Waals surface area contributed by atoms with Gasteiger partial charge in [-0.2, -0.15) is 0 Å². The van der Waals surface area contributed by atoms with Gasteiger partial charge in [-0.25, -0.2) is 4.39 Å². The van der Waals surface area contributed by atoms with Crippen LogP contribution >= 0.6 is 11.6 Å². The van der Waals surface area contributed by atoms with E-state index in [0.717, 1.165) is 6.07 Å². The van der Waals surface area contributed by atoms with Gasteiger partial charge in [0.2, 0.25) is 0 Å². The lowest BCUT2D eigenvalue weighted by molar-refractivity contribution is -0.286. The van der Waals surface area contributed by atoms with Crippen molar-refractivity contribution in [1.29, 1.82) is 0 Å². The third kappa shape index (κ3) is 4.27. The van der Waals surface area contributed by atoms with E-state index in [1.807, 2.05) is 0 Å². The summed E-state index contributed by atoms with van der Waals surface area (Å²) in [5, 5.41) is 5.82. The number of fused-ring (bicyclic) bond motifs is 2. The summed E-state index contributed by atoms with van der Waals surface area (Å²) in [6.45, 7) is -0.285. The van der Waals surface area contributed by atoms with Crippen LogP contribution < -0.4 is 24.8 Å². The van der Waals surface area contributed by atoms with Gasteiger partial charge in [-0.05, 0) is 55.5 Å². The number of alkyl halides is 2. The van der Waals surface area contributed by atoms with Gasteiger partial charge >= 0.3 is 6.29 Å². The number of benzene rings is 2. The topological polar surface area (TPSA) is 85.9 Å². The van der Waals surface area contributed by atoms with E-state index in [-0.39, 0.29) is 52.3 Å². The van der Waals surface area contributed by atoms with E-state index in [0.29, 0.717) is 19.3 Å². The summed E-state index contributed by atoms with van der Waals surface area (Å²) in [4.78, 5) is 25.0. The largest absolute Gasteiger partial charge is 0.586 e. The van der Waals surface area contributed by atoms with Gasteiger partial charge < -0.3 is 24.8 Å². The van der Waals surface area contributed by atoms with Crippen LogP contribution in [0.15, 0.2) is 36.4 Å². The van der Waals surface area contributed by atoms with Gasteiger partial charge in [-0.3, -0.25) is 9.59 Å². The molecule has 2 aromatic rings. The zero-order valence-electron chi connectivity index (χ0n) is 17.0. The van der Waals surface area contributed by atoms with Crippen LogP contribution in [0.1, 0.15) is 29.6 Å². The summed E-state index contributed by atoms with van der Waals surface area (Å²) in [5.74, 6) is -1.37. The molecule has 33 heavy (non-hydrogen) atoms. The predicted octanol–water partition coefficient (Wildman–Crippen LogP) is 3.65. The van der Waals surface area contributed by atoms with Crippen molar-refractivity contribution < 1.29 is 37.0 Å². The fraction of sp³-hybridized carbons (Fsp3) is 0.364. The van der Waals surface area contributed by atoms with Crippen molar-refractivity contribution in [2.75, 3.05) is 6.61 Å². The maximum Gasteiger partial charge on any atom is 0.586 e. The first-order valence-electron chi connectivity index (χ1n) is 10.2. The SMILES string of the molecule is O=C(COc1ccc(Cl)c(F)c1)NC12CC(C1)C(NC(=O)c1ccc3c(c1)OC(F)(F)O3)C2. The second kappa shape index (κ2) is 7.72. The van der Waals surface area contributed by atoms with Gasteiger partial charge in [-0.15, -0.1) is 8.78 Å². The minimum atomic E-state index is -3.75. The zero-order valence-corrected chi connectivity index (χ0v) is 17.8. The Bertz CT molecular complexity index is 1140. The van der Waals surface area contributed by atoms with Crippen molar-refractivity contribution >= 4 is 23.4 Å². The van der Waals surface area contributed by atoms with E-state index in [9.17, 15) is 22.8 Å². The van der Waals surface area contributed by atoms with Crippen LogP contribution in [0.2, 0.25) is 5.02 Å². The fourth-order valence-corrected chi connectivity index (χ4v) is 4.81. The summed E-state index contributed by atoms with van der Waals surface area (Å²) in [7, 11) is 0. The first-order valence-corrected chi connectivity index (χ1v) is 10.6. The normalized spacial score (nSPS) is 25.8. The average molecular weight is 483 g/mol. The first-order chi connectivity index (χ1) is 15.6. The molecule has 0 radical (unpaired) electrons. The number of rotatable bonds is 6. The van der Waals surface area contributed by atoms with Gasteiger partial charge in [0.25, 0.3) is 11.8 Å². The molecular weight excluding hydrogens is 465 g/mol. The number of hydrogen-bond acceptors (Lipinski definition) is 5. The van der Waals surface area contributed by atoms with E-state index in [4.69, 9.17) is 16.3 Å². The highest BCUT2D eigenvalue weighted by Gasteiger charge is 2.57. The lowest BCUT2D eigenvalue weighted by Gasteiger charge is -2.39. The lowest BCUT2D eigenvalue weighted by Crippen LogP contribution is -2.53. The minimum Gasteiger partial charge on any atom is -0.484 e. The van der Waals surface area contributed by atoms with Crippen LogP contribution in [0, 0.1) is 11.7 Å². The molecule has 6 rings (SSSR count). The van der Waals surface area contributed by atoms with E-state index < -0.39 is 23.6 Å². The number of carbonyl (C=O) groups excluding carboxylic acids is 2. The standard InChI is InChI=1S/C22H18ClF3N2O5/c23-14-3-2-13(6-15(14)24)31-10-19(29)28-21-7-12(8-21)16(9-21)27-20(30)11-1-4-17-18(5-11)33-22(25,26)32-17/h1-6,12,16H,7-10H2,(H,27,30)(H,28,29). The summed E-state index contributed by atoms with van der Waals surface area (Å²) in [6, 6.07) is 7.59. The molecular formula is C22H18ClF3N2O5. The molecule has 4 aliphatic rings. The van der Waals surface area contributed by atoms with E-state index in [1.165, 1.54) is 30.3 Å². The molecule has 11 heteroatoms. The number of ether oxygens (including phenoxy) is 3. The third-order valence-corrected chi connectivity index (χ3v) is 6.44. The summed E-state index contributed by atoms with van der Waals surface area (Å²) >= 11 is 5.62. The number of carbonyl (C=O) groups is 2. The molecule has 2 amide bonds. The van der Waals surface area contributed by atoms with Crippen LogP contribution in [0.5, 0.6) is 17.2 Å². The van der Waals surface area contributed by atoms with Crippen molar-refractivity contribution in [2.24, 2.45) is 5.92 Å². The maximum absolute atomic E-state index is 13.5. The van der Waals surface area contributed by atoms with Gasteiger partial charge in [-0.1, -0.05) is 11.6 Å². The van der Waals surface area contributed by atoms with Gasteiger partial charge in [0.15, 0.2) is 18.1 Å². The Labute approximate surface area is 191 Å². The third-order valence-electron chi connectivity index (χ3n) is 6.13. The van der Waals surface area contributed by atoms with Crippen molar-refractivity contribution in [3.63, 3.8) is 0 Å². The molecule has 1 aliphatic heterocycles. The second-order valence-electron chi connectivity index (χ2n) is 8.47. The highest BCUT2D eigenvalue weighted by atomic mass is 35.5. The molecule has 3 fully saturated rings. The van der Waals surface area contributed by atoms with E-state index in [2.05, 4.69) is 20.1 Å². The predicted molar refractivity (Wildman–Crippen MR) is 109 cm³/mol. The molecule has 3 aliphatic carbocycles. The van der Waals surface area contributed by atoms with Crippen molar-refractivity contribution in [1.82, 2.24) is 10.6 Å².